The van der Waals surface area contributed by atoms with Crippen LogP contribution in [-0.2, 0) is 0 Å². The molecular formula is C18H29NO3. The molecule has 0 amide bonds. The quantitative estimate of drug-likeness (QED) is 0.875. The van der Waals surface area contributed by atoms with Crippen LogP contribution in [0.5, 0.6) is 11.5 Å². The zero-order valence-electron chi connectivity index (χ0n) is 14.4. The first-order chi connectivity index (χ1) is 10.5. The third kappa shape index (κ3) is 3.08. The predicted molar refractivity (Wildman–Crippen MR) is 88.6 cm³/mol. The van der Waals surface area contributed by atoms with Gasteiger partial charge in [-0.1, -0.05) is 26.8 Å². The lowest BCUT2D eigenvalue weighted by molar-refractivity contribution is -0.0809. The maximum absolute atomic E-state index is 11.1. The Bertz CT molecular complexity index is 497. The molecule has 0 bridgehead atoms. The maximum Gasteiger partial charge on any atom is 0.129 e. The first kappa shape index (κ1) is 17.1. The molecule has 1 N–H and O–H groups in total. The molecule has 4 nitrogen and oxygen atoms in total. The molecule has 2 atom stereocenters. The number of aliphatic hydroxyl groups excluding tert-OH is 1. The summed E-state index contributed by atoms with van der Waals surface area (Å²) >= 11 is 0. The number of aliphatic hydroxyl groups is 1. The Balaban J connectivity index is 2.44. The minimum atomic E-state index is -0.619. The minimum Gasteiger partial charge on any atom is -0.493 e. The zero-order chi connectivity index (χ0) is 16.3. The highest BCUT2D eigenvalue weighted by atomic mass is 16.5. The summed E-state index contributed by atoms with van der Waals surface area (Å²) in [4.78, 5) is 2.25. The van der Waals surface area contributed by atoms with Gasteiger partial charge >= 0.3 is 0 Å². The van der Waals surface area contributed by atoms with Crippen molar-refractivity contribution in [3.05, 3.63) is 23.8 Å². The predicted octanol–water partition coefficient (Wildman–Crippen LogP) is 3.39. The average molecular weight is 307 g/mol. The van der Waals surface area contributed by atoms with Crippen molar-refractivity contribution in [3.8, 4) is 11.5 Å². The van der Waals surface area contributed by atoms with Crippen LogP contribution in [0.25, 0.3) is 0 Å². The number of fused-ring (bicyclic) bond motifs is 1. The number of benzene rings is 1. The lowest BCUT2D eigenvalue weighted by atomic mass is 9.84. The van der Waals surface area contributed by atoms with E-state index in [1.165, 1.54) is 0 Å². The molecule has 1 aliphatic rings. The van der Waals surface area contributed by atoms with Crippen molar-refractivity contribution >= 4 is 0 Å². The lowest BCUT2D eigenvalue weighted by Gasteiger charge is -2.48. The number of likely N-dealkylation sites (N-methyl/N-ethyl adjacent to an activating group) is 1. The van der Waals surface area contributed by atoms with Crippen molar-refractivity contribution in [1.82, 2.24) is 4.90 Å². The summed E-state index contributed by atoms with van der Waals surface area (Å²) < 4.78 is 12.1. The van der Waals surface area contributed by atoms with Crippen LogP contribution >= 0.6 is 0 Å². The summed E-state index contributed by atoms with van der Waals surface area (Å²) in [5.41, 5.74) is 0.328. The van der Waals surface area contributed by atoms with Crippen LogP contribution in [0.15, 0.2) is 18.2 Å². The molecule has 0 saturated heterocycles. The Labute approximate surface area is 134 Å². The average Bonchev–Trinajstić information content (AvgIpc) is 2.48. The largest absolute Gasteiger partial charge is 0.493 e. The van der Waals surface area contributed by atoms with E-state index in [2.05, 4.69) is 25.7 Å². The second-order valence-electron chi connectivity index (χ2n) is 6.33. The molecule has 2 unspecified atom stereocenters. The third-order valence-corrected chi connectivity index (χ3v) is 4.37. The molecule has 1 aliphatic heterocycles. The molecule has 0 aliphatic carbocycles. The van der Waals surface area contributed by atoms with Gasteiger partial charge in [0, 0.05) is 0 Å². The Kier molecular flexibility index (Phi) is 5.35. The van der Waals surface area contributed by atoms with Gasteiger partial charge in [-0.05, 0) is 45.5 Å². The van der Waals surface area contributed by atoms with Crippen LogP contribution in [-0.4, -0.2) is 41.3 Å². The van der Waals surface area contributed by atoms with Crippen LogP contribution < -0.4 is 9.47 Å². The Hall–Kier alpha value is -1.26. The number of hydrogen-bond donors (Lipinski definition) is 1. The van der Waals surface area contributed by atoms with E-state index in [1.807, 2.05) is 32.0 Å². The smallest absolute Gasteiger partial charge is 0.129 e. The van der Waals surface area contributed by atoms with Gasteiger partial charge in [0.2, 0.25) is 0 Å². The molecule has 4 heteroatoms. The SMILES string of the molecule is CCCOc1cccc2c1C(O)C(N(CC)CC)C(C)(C)O2. The van der Waals surface area contributed by atoms with Gasteiger partial charge in [0.25, 0.3) is 0 Å². The summed E-state index contributed by atoms with van der Waals surface area (Å²) in [6.07, 6.45) is 0.317. The van der Waals surface area contributed by atoms with Gasteiger partial charge in [0.05, 0.1) is 18.2 Å². The first-order valence-electron chi connectivity index (χ1n) is 8.33. The molecular weight excluding hydrogens is 278 g/mol. The summed E-state index contributed by atoms with van der Waals surface area (Å²) in [5, 5.41) is 11.1. The fourth-order valence-corrected chi connectivity index (χ4v) is 3.38. The number of rotatable bonds is 6. The topological polar surface area (TPSA) is 41.9 Å². The maximum atomic E-state index is 11.1. The van der Waals surface area contributed by atoms with E-state index >= 15 is 0 Å². The molecule has 0 saturated carbocycles. The molecule has 0 radical (unpaired) electrons. The van der Waals surface area contributed by atoms with E-state index in [0.29, 0.717) is 6.61 Å². The monoisotopic (exact) mass is 307 g/mol. The van der Waals surface area contributed by atoms with Crippen LogP contribution in [0.4, 0.5) is 0 Å². The lowest BCUT2D eigenvalue weighted by Crippen LogP contribution is -2.57. The van der Waals surface area contributed by atoms with Crippen molar-refractivity contribution in [3.63, 3.8) is 0 Å². The van der Waals surface area contributed by atoms with Gasteiger partial charge < -0.3 is 14.6 Å². The Morgan fingerprint density at radius 3 is 2.50 bits per heavy atom. The summed E-state index contributed by atoms with van der Waals surface area (Å²) in [6.45, 7) is 12.8. The molecule has 124 valence electrons. The van der Waals surface area contributed by atoms with E-state index < -0.39 is 11.7 Å². The summed E-state index contributed by atoms with van der Waals surface area (Å²) in [6, 6.07) is 5.65. The normalized spacial score (nSPS) is 23.0. The van der Waals surface area contributed by atoms with Crippen molar-refractivity contribution in [1.29, 1.82) is 0 Å². The van der Waals surface area contributed by atoms with Gasteiger partial charge in [-0.2, -0.15) is 0 Å². The molecule has 22 heavy (non-hydrogen) atoms. The van der Waals surface area contributed by atoms with Gasteiger partial charge in [-0.15, -0.1) is 0 Å². The number of nitrogens with zero attached hydrogens (tertiary/aromatic N) is 1. The fourth-order valence-electron chi connectivity index (χ4n) is 3.38. The van der Waals surface area contributed by atoms with Crippen molar-refractivity contribution in [2.45, 2.75) is 58.8 Å². The van der Waals surface area contributed by atoms with Gasteiger partial charge in [0.1, 0.15) is 23.2 Å². The van der Waals surface area contributed by atoms with Crippen LogP contribution in [0.2, 0.25) is 0 Å². The van der Waals surface area contributed by atoms with Crippen molar-refractivity contribution in [2.24, 2.45) is 0 Å². The zero-order valence-corrected chi connectivity index (χ0v) is 14.4. The molecule has 2 rings (SSSR count). The van der Waals surface area contributed by atoms with E-state index in [4.69, 9.17) is 9.47 Å². The van der Waals surface area contributed by atoms with Gasteiger partial charge in [-0.25, -0.2) is 0 Å². The fraction of sp³-hybridized carbons (Fsp3) is 0.667. The number of ether oxygens (including phenoxy) is 2. The molecule has 0 spiro atoms. The number of hydrogen-bond acceptors (Lipinski definition) is 4. The standard InChI is InChI=1S/C18H29NO3/c1-6-12-21-13-10-9-11-14-15(13)16(20)17(18(4,5)22-14)19(7-2)8-3/h9-11,16-17,20H,6-8,12H2,1-5H3. The second-order valence-corrected chi connectivity index (χ2v) is 6.33. The summed E-state index contributed by atoms with van der Waals surface area (Å²) in [5.74, 6) is 1.47. The highest BCUT2D eigenvalue weighted by Crippen LogP contribution is 2.46. The van der Waals surface area contributed by atoms with Crippen LogP contribution in [0.1, 0.15) is 52.7 Å². The van der Waals surface area contributed by atoms with E-state index in [-0.39, 0.29) is 6.04 Å². The van der Waals surface area contributed by atoms with Crippen LogP contribution in [0, 0.1) is 0 Å². The molecule has 0 fully saturated rings. The molecule has 1 aromatic carbocycles. The Morgan fingerprint density at radius 1 is 1.23 bits per heavy atom. The van der Waals surface area contributed by atoms with Crippen molar-refractivity contribution < 1.29 is 14.6 Å². The first-order valence-corrected chi connectivity index (χ1v) is 8.33. The highest BCUT2D eigenvalue weighted by Gasteiger charge is 2.46. The van der Waals surface area contributed by atoms with E-state index in [9.17, 15) is 5.11 Å². The third-order valence-electron chi connectivity index (χ3n) is 4.37. The van der Waals surface area contributed by atoms with Gasteiger partial charge in [0.15, 0.2) is 0 Å². The van der Waals surface area contributed by atoms with Crippen molar-refractivity contribution in [2.75, 3.05) is 19.7 Å². The van der Waals surface area contributed by atoms with Gasteiger partial charge in [-0.3, -0.25) is 4.90 Å². The summed E-state index contributed by atoms with van der Waals surface area (Å²) in [7, 11) is 0. The molecule has 0 aromatic heterocycles. The second kappa shape index (κ2) is 6.88. The van der Waals surface area contributed by atoms with Crippen LogP contribution in [0.3, 0.4) is 0 Å². The van der Waals surface area contributed by atoms with E-state index in [0.717, 1.165) is 36.6 Å². The highest BCUT2D eigenvalue weighted by molar-refractivity contribution is 5.49. The molecule has 1 heterocycles. The molecule has 1 aromatic rings. The Morgan fingerprint density at radius 2 is 1.91 bits per heavy atom. The van der Waals surface area contributed by atoms with E-state index in [1.54, 1.807) is 0 Å². The minimum absolute atomic E-state index is 0.0959.